The Balaban J connectivity index is 1.78. The Morgan fingerprint density at radius 1 is 1.08 bits per heavy atom. The molecule has 0 atom stereocenters. The van der Waals surface area contributed by atoms with Crippen molar-refractivity contribution in [3.05, 3.63) is 34.9 Å². The summed E-state index contributed by atoms with van der Waals surface area (Å²) in [5, 5.41) is 0.709. The average Bonchev–Trinajstić information content (AvgIpc) is 2.62. The molecule has 5 nitrogen and oxygen atoms in total. The van der Waals surface area contributed by atoms with Gasteiger partial charge in [0.25, 0.3) is 0 Å². The zero-order chi connectivity index (χ0) is 18.2. The maximum atomic E-state index is 12.4. The van der Waals surface area contributed by atoms with E-state index >= 15 is 0 Å². The van der Waals surface area contributed by atoms with Gasteiger partial charge in [-0.25, -0.2) is 0 Å². The van der Waals surface area contributed by atoms with Gasteiger partial charge in [-0.05, 0) is 30.7 Å². The Morgan fingerprint density at radius 2 is 1.72 bits per heavy atom. The summed E-state index contributed by atoms with van der Waals surface area (Å²) in [6.07, 6.45) is 1.16. The van der Waals surface area contributed by atoms with E-state index < -0.39 is 0 Å². The second-order valence-corrected chi connectivity index (χ2v) is 6.88. The molecule has 1 fully saturated rings. The molecule has 1 aliphatic rings. The summed E-state index contributed by atoms with van der Waals surface area (Å²) >= 11 is 5.89. The van der Waals surface area contributed by atoms with Crippen molar-refractivity contribution < 1.29 is 9.59 Å². The second-order valence-electron chi connectivity index (χ2n) is 6.45. The lowest BCUT2D eigenvalue weighted by atomic mass is 10.1. The maximum Gasteiger partial charge on any atom is 0.224 e. The Labute approximate surface area is 155 Å². The number of piperazine rings is 1. The molecule has 0 N–H and O–H groups in total. The summed E-state index contributed by atoms with van der Waals surface area (Å²) in [5.41, 5.74) is 1.14. The fraction of sp³-hybridized carbons (Fsp3) is 0.579. The quantitative estimate of drug-likeness (QED) is 0.744. The predicted molar refractivity (Wildman–Crippen MR) is 101 cm³/mol. The van der Waals surface area contributed by atoms with Gasteiger partial charge in [0, 0.05) is 57.6 Å². The van der Waals surface area contributed by atoms with Gasteiger partial charge in [-0.1, -0.05) is 30.7 Å². The lowest BCUT2D eigenvalue weighted by molar-refractivity contribution is -0.134. The highest BCUT2D eigenvalue weighted by atomic mass is 35.5. The van der Waals surface area contributed by atoms with Crippen molar-refractivity contribution in [1.29, 1.82) is 0 Å². The molecule has 6 heteroatoms. The van der Waals surface area contributed by atoms with Gasteiger partial charge in [0.15, 0.2) is 0 Å². The van der Waals surface area contributed by atoms with Crippen LogP contribution in [0.15, 0.2) is 24.3 Å². The first-order valence-corrected chi connectivity index (χ1v) is 9.37. The Kier molecular flexibility index (Phi) is 7.72. The SMILES string of the molecule is CCN1CCN(C(=O)CCN(CCc2ccc(Cl)cc2)C(C)=O)CC1. The number of benzene rings is 1. The van der Waals surface area contributed by atoms with Crippen molar-refractivity contribution in [2.24, 2.45) is 0 Å². The number of carbonyl (C=O) groups excluding carboxylic acids is 2. The summed E-state index contributed by atoms with van der Waals surface area (Å²) in [7, 11) is 0. The number of nitrogens with zero attached hydrogens (tertiary/aromatic N) is 3. The molecule has 0 aromatic heterocycles. The lowest BCUT2D eigenvalue weighted by Gasteiger charge is -2.34. The predicted octanol–water partition coefficient (Wildman–Crippen LogP) is 2.29. The van der Waals surface area contributed by atoms with Crippen LogP contribution in [-0.4, -0.2) is 72.3 Å². The molecule has 1 heterocycles. The Bertz CT molecular complexity index is 569. The van der Waals surface area contributed by atoms with E-state index in [-0.39, 0.29) is 11.8 Å². The third-order valence-electron chi connectivity index (χ3n) is 4.80. The molecule has 2 rings (SSSR count). The van der Waals surface area contributed by atoms with E-state index in [1.54, 1.807) is 11.8 Å². The van der Waals surface area contributed by atoms with Crippen molar-refractivity contribution in [3.8, 4) is 0 Å². The van der Waals surface area contributed by atoms with Crippen LogP contribution in [0.25, 0.3) is 0 Å². The number of halogens is 1. The summed E-state index contributed by atoms with van der Waals surface area (Å²) in [6, 6.07) is 7.65. The van der Waals surface area contributed by atoms with Crippen LogP contribution in [0.2, 0.25) is 5.02 Å². The molecule has 1 aromatic carbocycles. The molecule has 0 bridgehead atoms. The van der Waals surface area contributed by atoms with Crippen LogP contribution >= 0.6 is 11.6 Å². The number of amides is 2. The van der Waals surface area contributed by atoms with Crippen molar-refractivity contribution in [3.63, 3.8) is 0 Å². The first-order valence-electron chi connectivity index (χ1n) is 8.99. The number of rotatable bonds is 7. The zero-order valence-electron chi connectivity index (χ0n) is 15.2. The fourth-order valence-electron chi connectivity index (χ4n) is 3.04. The normalized spacial score (nSPS) is 15.2. The largest absolute Gasteiger partial charge is 0.342 e. The topological polar surface area (TPSA) is 43.9 Å². The van der Waals surface area contributed by atoms with Gasteiger partial charge < -0.3 is 14.7 Å². The van der Waals surface area contributed by atoms with E-state index in [9.17, 15) is 9.59 Å². The highest BCUT2D eigenvalue weighted by molar-refractivity contribution is 6.30. The Morgan fingerprint density at radius 3 is 2.28 bits per heavy atom. The Hall–Kier alpha value is -1.59. The third-order valence-corrected chi connectivity index (χ3v) is 5.05. The lowest BCUT2D eigenvalue weighted by Crippen LogP contribution is -2.49. The van der Waals surface area contributed by atoms with Crippen LogP contribution in [0, 0.1) is 0 Å². The van der Waals surface area contributed by atoms with E-state index in [2.05, 4.69) is 11.8 Å². The van der Waals surface area contributed by atoms with Crippen LogP contribution in [0.5, 0.6) is 0 Å². The first-order chi connectivity index (χ1) is 12.0. The van der Waals surface area contributed by atoms with Gasteiger partial charge in [0.2, 0.25) is 11.8 Å². The molecule has 2 amide bonds. The second kappa shape index (κ2) is 9.78. The van der Waals surface area contributed by atoms with E-state index in [1.807, 2.05) is 29.2 Å². The van der Waals surface area contributed by atoms with Crippen LogP contribution < -0.4 is 0 Å². The molecule has 1 aliphatic heterocycles. The highest BCUT2D eigenvalue weighted by Crippen LogP contribution is 2.11. The summed E-state index contributed by atoms with van der Waals surface area (Å²) < 4.78 is 0. The molecule has 0 saturated carbocycles. The molecule has 0 aliphatic carbocycles. The van der Waals surface area contributed by atoms with Crippen LogP contribution in [0.3, 0.4) is 0 Å². The number of hydrogen-bond donors (Lipinski definition) is 0. The minimum Gasteiger partial charge on any atom is -0.342 e. The smallest absolute Gasteiger partial charge is 0.224 e. The fourth-order valence-corrected chi connectivity index (χ4v) is 3.17. The molecule has 1 saturated heterocycles. The number of likely N-dealkylation sites (N-methyl/N-ethyl adjacent to an activating group) is 1. The number of carbonyl (C=O) groups is 2. The van der Waals surface area contributed by atoms with Gasteiger partial charge in [-0.15, -0.1) is 0 Å². The van der Waals surface area contributed by atoms with Gasteiger partial charge in [0.1, 0.15) is 0 Å². The van der Waals surface area contributed by atoms with E-state index in [0.717, 1.165) is 44.7 Å². The van der Waals surface area contributed by atoms with Crippen LogP contribution in [0.4, 0.5) is 0 Å². The molecule has 138 valence electrons. The van der Waals surface area contributed by atoms with Crippen molar-refractivity contribution >= 4 is 23.4 Å². The standard InChI is InChI=1S/C19H28ClN3O2/c1-3-21-12-14-23(15-13-21)19(25)9-11-22(16(2)24)10-8-17-4-6-18(20)7-5-17/h4-7H,3,8-15H2,1-2H3. The van der Waals surface area contributed by atoms with Crippen molar-refractivity contribution in [1.82, 2.24) is 14.7 Å². The summed E-state index contributed by atoms with van der Waals surface area (Å²) in [6.45, 7) is 9.29. The van der Waals surface area contributed by atoms with E-state index in [0.29, 0.717) is 24.5 Å². The maximum absolute atomic E-state index is 12.4. The van der Waals surface area contributed by atoms with Crippen molar-refractivity contribution in [2.75, 3.05) is 45.8 Å². The molecule has 0 spiro atoms. The van der Waals surface area contributed by atoms with E-state index in [4.69, 9.17) is 11.6 Å². The van der Waals surface area contributed by atoms with Crippen LogP contribution in [0.1, 0.15) is 25.8 Å². The molecule has 25 heavy (non-hydrogen) atoms. The molecule has 0 radical (unpaired) electrons. The van der Waals surface area contributed by atoms with Gasteiger partial charge in [-0.2, -0.15) is 0 Å². The minimum atomic E-state index is 0.0116. The average molecular weight is 366 g/mol. The summed E-state index contributed by atoms with van der Waals surface area (Å²) in [4.78, 5) is 30.3. The first kappa shape index (κ1) is 19.7. The van der Waals surface area contributed by atoms with Crippen molar-refractivity contribution in [2.45, 2.75) is 26.7 Å². The van der Waals surface area contributed by atoms with Gasteiger partial charge in [-0.3, -0.25) is 9.59 Å². The summed E-state index contributed by atoms with van der Waals surface area (Å²) in [5.74, 6) is 0.158. The monoisotopic (exact) mass is 365 g/mol. The molecule has 1 aromatic rings. The zero-order valence-corrected chi connectivity index (χ0v) is 16.0. The van der Waals surface area contributed by atoms with Gasteiger partial charge in [0.05, 0.1) is 0 Å². The van der Waals surface area contributed by atoms with Gasteiger partial charge >= 0.3 is 0 Å². The van der Waals surface area contributed by atoms with Crippen LogP contribution in [-0.2, 0) is 16.0 Å². The third kappa shape index (κ3) is 6.33. The highest BCUT2D eigenvalue weighted by Gasteiger charge is 2.21. The van der Waals surface area contributed by atoms with E-state index in [1.165, 1.54) is 0 Å². The molecular weight excluding hydrogens is 338 g/mol. The molecule has 0 unspecified atom stereocenters. The molecular formula is C19H28ClN3O2. The minimum absolute atomic E-state index is 0.0116. The number of hydrogen-bond acceptors (Lipinski definition) is 3.